The second-order valence-corrected chi connectivity index (χ2v) is 8.54. The Labute approximate surface area is 135 Å². The zero-order valence-corrected chi connectivity index (χ0v) is 14.7. The summed E-state index contributed by atoms with van der Waals surface area (Å²) in [6.45, 7) is 7.97. The maximum atomic E-state index is 12.1. The highest BCUT2D eigenvalue weighted by Crippen LogP contribution is 2.81. The van der Waals surface area contributed by atoms with E-state index in [1.165, 1.54) is 6.42 Å². The Bertz CT molecular complexity index is 580. The number of alkyl carbamates (subject to hydrolysis) is 1. The van der Waals surface area contributed by atoms with Crippen molar-refractivity contribution in [3.8, 4) is 0 Å². The van der Waals surface area contributed by atoms with E-state index >= 15 is 0 Å². The Morgan fingerprint density at radius 2 is 2.27 bits per heavy atom. The summed E-state index contributed by atoms with van der Waals surface area (Å²) in [5.74, 6) is 1.57. The van der Waals surface area contributed by atoms with Gasteiger partial charge in [0.25, 0.3) is 0 Å². The number of anilines is 1. The van der Waals surface area contributed by atoms with Crippen molar-refractivity contribution in [2.24, 2.45) is 17.3 Å². The van der Waals surface area contributed by atoms with Gasteiger partial charge < -0.3 is 15.4 Å². The fourth-order valence-electron chi connectivity index (χ4n) is 3.26. The number of nitrogens with zero attached hydrogens (tertiary/aromatic N) is 1. The predicted molar refractivity (Wildman–Crippen MR) is 88.1 cm³/mol. The van der Waals surface area contributed by atoms with Crippen LogP contribution < -0.4 is 10.6 Å². The van der Waals surface area contributed by atoms with Crippen LogP contribution in [0.3, 0.4) is 0 Å². The number of ether oxygens (including phenoxy) is 1. The number of hydrogen-bond acceptors (Lipinski definition) is 5. The average molecular weight is 323 g/mol. The second-order valence-electron chi connectivity index (χ2n) is 7.68. The van der Waals surface area contributed by atoms with Crippen LogP contribution in [0.25, 0.3) is 0 Å². The summed E-state index contributed by atoms with van der Waals surface area (Å²) in [6, 6.07) is -0.0668. The number of hydrogen-bond donors (Lipinski definition) is 2. The van der Waals surface area contributed by atoms with E-state index in [0.717, 1.165) is 23.2 Å². The molecule has 2 saturated carbocycles. The molecule has 0 saturated heterocycles. The standard InChI is InChI=1S/C16H25N3O2S/c1-15(2,3)21-14(20)19-11(6-9-10-7-16(9,10)4)12-8-22-13(17-5)18-12/h8-11H,6-7H2,1-5H3,(H,17,18)(H,19,20)/t9-,10+,11+,16-/m0/s1. The Morgan fingerprint density at radius 1 is 1.59 bits per heavy atom. The first-order valence-corrected chi connectivity index (χ1v) is 8.73. The van der Waals surface area contributed by atoms with E-state index in [0.29, 0.717) is 11.3 Å². The van der Waals surface area contributed by atoms with Gasteiger partial charge >= 0.3 is 6.09 Å². The van der Waals surface area contributed by atoms with Gasteiger partial charge in [0.1, 0.15) is 5.60 Å². The predicted octanol–water partition coefficient (Wildman–Crippen LogP) is 3.80. The lowest BCUT2D eigenvalue weighted by Gasteiger charge is -2.24. The summed E-state index contributed by atoms with van der Waals surface area (Å²) >= 11 is 1.56. The summed E-state index contributed by atoms with van der Waals surface area (Å²) < 4.78 is 5.40. The molecular weight excluding hydrogens is 298 g/mol. The first-order valence-electron chi connectivity index (χ1n) is 7.85. The van der Waals surface area contributed by atoms with Crippen LogP contribution in [0.4, 0.5) is 9.93 Å². The lowest BCUT2D eigenvalue weighted by atomic mass is 9.97. The van der Waals surface area contributed by atoms with Crippen molar-refractivity contribution in [2.45, 2.75) is 52.2 Å². The molecule has 3 rings (SSSR count). The van der Waals surface area contributed by atoms with Crippen molar-refractivity contribution < 1.29 is 9.53 Å². The molecule has 1 aromatic rings. The monoisotopic (exact) mass is 323 g/mol. The molecule has 0 aromatic carbocycles. The summed E-state index contributed by atoms with van der Waals surface area (Å²) in [6.07, 6.45) is 1.93. The van der Waals surface area contributed by atoms with Crippen molar-refractivity contribution in [3.05, 3.63) is 11.1 Å². The van der Waals surface area contributed by atoms with Gasteiger partial charge in [0, 0.05) is 12.4 Å². The summed E-state index contributed by atoms with van der Waals surface area (Å²) in [4.78, 5) is 16.7. The van der Waals surface area contributed by atoms with Crippen molar-refractivity contribution in [1.29, 1.82) is 0 Å². The van der Waals surface area contributed by atoms with E-state index in [2.05, 4.69) is 22.5 Å². The van der Waals surface area contributed by atoms with Gasteiger partial charge in [0.15, 0.2) is 5.13 Å². The third-order valence-corrected chi connectivity index (χ3v) is 5.72. The van der Waals surface area contributed by atoms with Gasteiger partial charge in [-0.15, -0.1) is 11.3 Å². The van der Waals surface area contributed by atoms with Crippen LogP contribution in [0.15, 0.2) is 5.38 Å². The quantitative estimate of drug-likeness (QED) is 0.865. The highest BCUT2D eigenvalue weighted by Gasteiger charge is 2.74. The van der Waals surface area contributed by atoms with Crippen LogP contribution in [-0.2, 0) is 4.74 Å². The summed E-state index contributed by atoms with van der Waals surface area (Å²) in [7, 11) is 1.86. The molecule has 0 spiro atoms. The van der Waals surface area contributed by atoms with E-state index in [-0.39, 0.29) is 12.1 Å². The molecule has 2 fully saturated rings. The molecule has 0 bridgehead atoms. The molecule has 1 aromatic heterocycles. The number of fused-ring (bicyclic) bond motifs is 1. The molecule has 1 heterocycles. The molecule has 2 aliphatic rings. The zero-order chi connectivity index (χ0) is 16.1. The van der Waals surface area contributed by atoms with Gasteiger partial charge in [-0.05, 0) is 50.9 Å². The Morgan fingerprint density at radius 3 is 2.73 bits per heavy atom. The highest BCUT2D eigenvalue weighted by atomic mass is 32.1. The minimum Gasteiger partial charge on any atom is -0.444 e. The van der Waals surface area contributed by atoms with Gasteiger partial charge in [0.05, 0.1) is 11.7 Å². The molecule has 0 aliphatic heterocycles. The number of carbonyl (C=O) groups excluding carboxylic acids is 1. The maximum Gasteiger partial charge on any atom is 0.408 e. The van der Waals surface area contributed by atoms with Gasteiger partial charge in [-0.2, -0.15) is 0 Å². The highest BCUT2D eigenvalue weighted by molar-refractivity contribution is 7.13. The van der Waals surface area contributed by atoms with Crippen molar-refractivity contribution in [3.63, 3.8) is 0 Å². The number of nitrogens with one attached hydrogen (secondary N) is 2. The van der Waals surface area contributed by atoms with Gasteiger partial charge in [0.2, 0.25) is 0 Å². The molecule has 6 heteroatoms. The van der Waals surface area contributed by atoms with Crippen LogP contribution in [0.5, 0.6) is 0 Å². The number of aromatic nitrogens is 1. The SMILES string of the molecule is CNc1nc([C@@H](C[C@H]2[C@H]3C[C@]32C)NC(=O)OC(C)(C)C)cs1. The smallest absolute Gasteiger partial charge is 0.408 e. The third kappa shape index (κ3) is 3.07. The molecular formula is C16H25N3O2S. The number of carbonyl (C=O) groups is 1. The lowest BCUT2D eigenvalue weighted by Crippen LogP contribution is -2.35. The largest absolute Gasteiger partial charge is 0.444 e. The minimum absolute atomic E-state index is 0.0668. The fourth-order valence-corrected chi connectivity index (χ4v) is 3.99. The van der Waals surface area contributed by atoms with Crippen LogP contribution in [-0.4, -0.2) is 23.7 Å². The minimum atomic E-state index is -0.486. The van der Waals surface area contributed by atoms with E-state index < -0.39 is 5.60 Å². The Kier molecular flexibility index (Phi) is 3.62. The Balaban J connectivity index is 1.67. The molecule has 22 heavy (non-hydrogen) atoms. The summed E-state index contributed by atoms with van der Waals surface area (Å²) in [5, 5.41) is 8.95. The molecule has 0 unspecified atom stereocenters. The molecule has 5 nitrogen and oxygen atoms in total. The molecule has 1 amide bonds. The van der Waals surface area contributed by atoms with Gasteiger partial charge in [-0.3, -0.25) is 0 Å². The fraction of sp³-hybridized carbons (Fsp3) is 0.750. The van der Waals surface area contributed by atoms with Gasteiger partial charge in [-0.1, -0.05) is 6.92 Å². The van der Waals surface area contributed by atoms with Crippen molar-refractivity contribution >= 4 is 22.6 Å². The van der Waals surface area contributed by atoms with Crippen LogP contribution in [0.2, 0.25) is 0 Å². The normalized spacial score (nSPS) is 30.2. The van der Waals surface area contributed by atoms with E-state index in [4.69, 9.17) is 4.74 Å². The third-order valence-electron chi connectivity index (χ3n) is 4.84. The average Bonchev–Trinajstić information content (AvgIpc) is 3.12. The number of rotatable bonds is 5. The van der Waals surface area contributed by atoms with E-state index in [1.807, 2.05) is 33.2 Å². The molecule has 2 aliphatic carbocycles. The van der Waals surface area contributed by atoms with Crippen LogP contribution >= 0.6 is 11.3 Å². The van der Waals surface area contributed by atoms with E-state index in [1.54, 1.807) is 11.3 Å². The van der Waals surface area contributed by atoms with Gasteiger partial charge in [-0.25, -0.2) is 9.78 Å². The molecule has 2 N–H and O–H groups in total. The maximum absolute atomic E-state index is 12.1. The van der Waals surface area contributed by atoms with Crippen molar-refractivity contribution in [2.75, 3.05) is 12.4 Å². The topological polar surface area (TPSA) is 63.2 Å². The zero-order valence-electron chi connectivity index (χ0n) is 13.9. The first kappa shape index (κ1) is 15.6. The van der Waals surface area contributed by atoms with E-state index in [9.17, 15) is 4.79 Å². The first-order chi connectivity index (χ1) is 10.2. The Hall–Kier alpha value is -1.30. The number of thiazole rings is 1. The lowest BCUT2D eigenvalue weighted by molar-refractivity contribution is 0.0496. The second kappa shape index (κ2) is 5.11. The van der Waals surface area contributed by atoms with Crippen molar-refractivity contribution in [1.82, 2.24) is 10.3 Å². The molecule has 4 atom stereocenters. The molecule has 122 valence electrons. The molecule has 0 radical (unpaired) electrons. The van der Waals surface area contributed by atoms with Crippen LogP contribution in [0, 0.1) is 17.3 Å². The summed E-state index contributed by atoms with van der Waals surface area (Å²) in [5.41, 5.74) is 0.978. The van der Waals surface area contributed by atoms with Crippen LogP contribution in [0.1, 0.15) is 52.3 Å². The number of amides is 1.